The van der Waals surface area contributed by atoms with Crippen molar-refractivity contribution < 1.29 is 27.0 Å². The summed E-state index contributed by atoms with van der Waals surface area (Å²) >= 11 is 0. The lowest BCUT2D eigenvalue weighted by Gasteiger charge is -2.36. The summed E-state index contributed by atoms with van der Waals surface area (Å²) in [5.41, 5.74) is 2.76. The molecule has 0 unspecified atom stereocenters. The minimum atomic E-state index is -3.81. The number of rotatable bonds is 7. The maximum absolute atomic E-state index is 11.7. The maximum Gasteiger partial charge on any atom is 0.274 e. The van der Waals surface area contributed by atoms with Crippen molar-refractivity contribution in [1.82, 2.24) is 4.98 Å². The highest BCUT2D eigenvalue weighted by Crippen LogP contribution is 2.37. The van der Waals surface area contributed by atoms with Crippen molar-refractivity contribution in [3.05, 3.63) is 90.3 Å². The largest absolute Gasteiger partial charge is 0.481 e. The molecule has 5 rings (SSSR count). The van der Waals surface area contributed by atoms with Gasteiger partial charge in [-0.1, -0.05) is 48.4 Å². The summed E-state index contributed by atoms with van der Waals surface area (Å²) in [5, 5.41) is 5.24. The Kier molecular flexibility index (Phi) is 7.82. The van der Waals surface area contributed by atoms with Gasteiger partial charge in [0.25, 0.3) is 5.89 Å². The summed E-state index contributed by atoms with van der Waals surface area (Å²) in [6, 6.07) is 23.5. The van der Waals surface area contributed by atoms with Gasteiger partial charge in [-0.25, -0.2) is 18.5 Å². The Morgan fingerprint density at radius 3 is 2.41 bits per heavy atom. The summed E-state index contributed by atoms with van der Waals surface area (Å²) < 4.78 is 46.6. The monoisotopic (exact) mass is 544 g/mol. The van der Waals surface area contributed by atoms with Gasteiger partial charge in [0, 0.05) is 44.3 Å². The number of hydrogen-bond donors (Lipinski definition) is 1. The van der Waals surface area contributed by atoms with Gasteiger partial charge in [-0.15, -0.1) is 0 Å². The molecule has 8 nitrogen and oxygen atoms in total. The van der Waals surface area contributed by atoms with E-state index in [0.717, 1.165) is 24.0 Å². The highest BCUT2D eigenvalue weighted by Gasteiger charge is 2.34. The van der Waals surface area contributed by atoms with Crippen molar-refractivity contribution >= 4 is 10.0 Å². The van der Waals surface area contributed by atoms with Crippen molar-refractivity contribution in [2.75, 3.05) is 26.9 Å². The highest BCUT2D eigenvalue weighted by molar-refractivity contribution is 7.89. The first-order chi connectivity index (χ1) is 18.9. The molecule has 0 bridgehead atoms. The quantitative estimate of drug-likeness (QED) is 0.334. The summed E-state index contributed by atoms with van der Waals surface area (Å²) in [6.07, 6.45) is 1.57. The lowest BCUT2D eigenvalue weighted by Crippen LogP contribution is -2.35. The predicted molar refractivity (Wildman–Crippen MR) is 146 cm³/mol. The molecule has 200 valence electrons. The Labute approximate surface area is 227 Å². The molecule has 0 atom stereocenters. The van der Waals surface area contributed by atoms with Gasteiger partial charge in [0.1, 0.15) is 18.1 Å². The first-order valence-electron chi connectivity index (χ1n) is 12.4. The fourth-order valence-corrected chi connectivity index (χ4v) is 5.08. The first kappa shape index (κ1) is 26.7. The molecule has 1 aromatic heterocycles. The number of oxazole rings is 1. The zero-order valence-corrected chi connectivity index (χ0v) is 22.2. The second-order valence-electron chi connectivity index (χ2n) is 9.06. The van der Waals surface area contributed by atoms with Crippen LogP contribution >= 0.6 is 0 Å². The van der Waals surface area contributed by atoms with Crippen LogP contribution in [0.25, 0.3) is 22.6 Å². The SMILES string of the molecule is COC1(c2cccc(OCC#Cc3nc(-c4ccccc4)c(-c4ccc(S(N)(=O)=O)cc4)o3)c2)CCOCC1. The van der Waals surface area contributed by atoms with Gasteiger partial charge in [-0.2, -0.15) is 0 Å². The molecular formula is C30H28N2O6S. The highest BCUT2D eigenvalue weighted by atomic mass is 32.2. The second kappa shape index (κ2) is 11.4. The molecule has 9 heteroatoms. The standard InChI is InChI=1S/C30H28N2O6S/c1-35-30(16-19-36-20-17-30)24-9-5-10-25(21-24)37-18-6-11-27-32-28(22-7-3-2-4-8-22)29(38-27)23-12-14-26(15-13-23)39(31,33)34/h2-5,7-10,12-15,21H,16-20H2,1H3,(H2,31,33,34). The van der Waals surface area contributed by atoms with Crippen molar-refractivity contribution in [3.8, 4) is 40.2 Å². The Bertz CT molecular complexity index is 1600. The summed E-state index contributed by atoms with van der Waals surface area (Å²) in [7, 11) is -2.08. The second-order valence-corrected chi connectivity index (χ2v) is 10.6. The third-order valence-electron chi connectivity index (χ3n) is 6.68. The molecule has 0 spiro atoms. The average molecular weight is 545 g/mol. The minimum absolute atomic E-state index is 0.0153. The van der Waals surface area contributed by atoms with Gasteiger partial charge < -0.3 is 18.6 Å². The van der Waals surface area contributed by atoms with E-state index >= 15 is 0 Å². The third kappa shape index (κ3) is 6.05. The van der Waals surface area contributed by atoms with Crippen LogP contribution in [-0.4, -0.2) is 40.3 Å². The van der Waals surface area contributed by atoms with E-state index in [9.17, 15) is 8.42 Å². The van der Waals surface area contributed by atoms with Crippen molar-refractivity contribution in [2.24, 2.45) is 5.14 Å². The molecule has 0 radical (unpaired) electrons. The number of benzene rings is 3. The van der Waals surface area contributed by atoms with Gasteiger partial charge in [-0.3, -0.25) is 0 Å². The molecule has 4 aromatic rings. The number of aromatic nitrogens is 1. The smallest absolute Gasteiger partial charge is 0.274 e. The van der Waals surface area contributed by atoms with E-state index in [1.165, 1.54) is 12.1 Å². The zero-order chi connectivity index (χ0) is 27.3. The van der Waals surface area contributed by atoms with Crippen molar-refractivity contribution in [1.29, 1.82) is 0 Å². The van der Waals surface area contributed by atoms with Crippen LogP contribution in [0.3, 0.4) is 0 Å². The van der Waals surface area contributed by atoms with E-state index < -0.39 is 10.0 Å². The molecule has 2 N–H and O–H groups in total. The van der Waals surface area contributed by atoms with E-state index in [4.69, 9.17) is 23.8 Å². The topological polar surface area (TPSA) is 114 Å². The van der Waals surface area contributed by atoms with Crippen LogP contribution in [0.5, 0.6) is 5.75 Å². The average Bonchev–Trinajstić information content (AvgIpc) is 3.40. The minimum Gasteiger partial charge on any atom is -0.481 e. The number of methoxy groups -OCH3 is 1. The van der Waals surface area contributed by atoms with Gasteiger partial charge >= 0.3 is 0 Å². The normalized spacial score (nSPS) is 14.8. The van der Waals surface area contributed by atoms with E-state index in [0.29, 0.717) is 36.0 Å². The zero-order valence-electron chi connectivity index (χ0n) is 21.4. The summed E-state index contributed by atoms with van der Waals surface area (Å²) in [6.45, 7) is 1.45. The van der Waals surface area contributed by atoms with Crippen LogP contribution < -0.4 is 9.88 Å². The number of primary sulfonamides is 1. The lowest BCUT2D eigenvalue weighted by molar-refractivity contribution is -0.0948. The van der Waals surface area contributed by atoms with Crippen LogP contribution in [0, 0.1) is 11.8 Å². The van der Waals surface area contributed by atoms with Crippen LogP contribution in [-0.2, 0) is 25.1 Å². The van der Waals surface area contributed by atoms with Gasteiger partial charge in [0.05, 0.1) is 10.5 Å². The molecule has 2 heterocycles. The Hall–Kier alpha value is -3.94. The fourth-order valence-electron chi connectivity index (χ4n) is 4.57. The number of sulfonamides is 1. The number of nitrogens with two attached hydrogens (primary N) is 1. The molecular weight excluding hydrogens is 516 g/mol. The first-order valence-corrected chi connectivity index (χ1v) is 14.0. The van der Waals surface area contributed by atoms with Crippen LogP contribution in [0.4, 0.5) is 0 Å². The summed E-state index contributed by atoms with van der Waals surface area (Å²) in [4.78, 5) is 4.62. The maximum atomic E-state index is 11.7. The van der Waals surface area contributed by atoms with Gasteiger partial charge in [-0.05, 0) is 47.9 Å². The van der Waals surface area contributed by atoms with Crippen LogP contribution in [0.1, 0.15) is 24.3 Å². The van der Waals surface area contributed by atoms with Crippen molar-refractivity contribution in [3.63, 3.8) is 0 Å². The fraction of sp³-hybridized carbons (Fsp3) is 0.233. The Balaban J connectivity index is 1.36. The molecule has 1 aliphatic heterocycles. The Morgan fingerprint density at radius 1 is 0.974 bits per heavy atom. The molecule has 0 saturated carbocycles. The number of ether oxygens (including phenoxy) is 3. The van der Waals surface area contributed by atoms with E-state index in [-0.39, 0.29) is 23.0 Å². The van der Waals surface area contributed by atoms with Gasteiger partial charge in [0.15, 0.2) is 5.76 Å². The molecule has 0 aliphatic carbocycles. The number of nitrogens with zero attached hydrogens (tertiary/aromatic N) is 1. The Morgan fingerprint density at radius 2 is 1.72 bits per heavy atom. The molecule has 1 fully saturated rings. The molecule has 1 aliphatic rings. The van der Waals surface area contributed by atoms with E-state index in [2.05, 4.69) is 16.8 Å². The van der Waals surface area contributed by atoms with E-state index in [1.54, 1.807) is 19.2 Å². The molecule has 3 aromatic carbocycles. The third-order valence-corrected chi connectivity index (χ3v) is 7.61. The molecule has 1 saturated heterocycles. The molecule has 39 heavy (non-hydrogen) atoms. The van der Waals surface area contributed by atoms with Crippen LogP contribution in [0.2, 0.25) is 0 Å². The lowest BCUT2D eigenvalue weighted by atomic mass is 9.86. The molecule has 0 amide bonds. The van der Waals surface area contributed by atoms with Gasteiger partial charge in [0.2, 0.25) is 10.0 Å². The van der Waals surface area contributed by atoms with Crippen molar-refractivity contribution in [2.45, 2.75) is 23.3 Å². The van der Waals surface area contributed by atoms with E-state index in [1.807, 2.05) is 54.6 Å². The van der Waals surface area contributed by atoms with Crippen LogP contribution in [0.15, 0.2) is 88.2 Å². The predicted octanol–water partition coefficient (Wildman–Crippen LogP) is 4.74. The summed E-state index contributed by atoms with van der Waals surface area (Å²) in [5.74, 6) is 7.29. The number of hydrogen-bond acceptors (Lipinski definition) is 7.